The van der Waals surface area contributed by atoms with E-state index in [-0.39, 0.29) is 6.42 Å². The summed E-state index contributed by atoms with van der Waals surface area (Å²) in [5, 5.41) is 18.0. The SMILES string of the molecule is N#CC(Cc1ccc(N2c3ccccc3Oc3ccccc32)cc1)C(=O)O. The number of aliphatic carboxylic acids is 1. The molecule has 0 amide bonds. The Hall–Kier alpha value is -3.78. The maximum absolute atomic E-state index is 11.1. The van der Waals surface area contributed by atoms with E-state index < -0.39 is 11.9 Å². The number of nitrogens with zero attached hydrogens (tertiary/aromatic N) is 2. The fourth-order valence-corrected chi connectivity index (χ4v) is 3.19. The molecule has 132 valence electrons. The highest BCUT2D eigenvalue weighted by atomic mass is 16.5. The highest BCUT2D eigenvalue weighted by molar-refractivity contribution is 5.86. The third-order valence-electron chi connectivity index (χ3n) is 4.52. The number of carboxylic acid groups (broad SMARTS) is 1. The number of nitriles is 1. The summed E-state index contributed by atoms with van der Waals surface area (Å²) in [5.41, 5.74) is 3.61. The molecule has 1 N–H and O–H groups in total. The molecular formula is C22H16N2O3. The van der Waals surface area contributed by atoms with Gasteiger partial charge in [0.25, 0.3) is 0 Å². The second-order valence-electron chi connectivity index (χ2n) is 6.26. The Morgan fingerprint density at radius 2 is 1.52 bits per heavy atom. The van der Waals surface area contributed by atoms with Gasteiger partial charge in [0.05, 0.1) is 17.4 Å². The molecule has 3 aromatic rings. The fraction of sp³-hybridized carbons (Fsp3) is 0.0909. The Kier molecular flexibility index (Phi) is 4.23. The molecule has 0 spiro atoms. The average Bonchev–Trinajstić information content (AvgIpc) is 2.70. The van der Waals surface area contributed by atoms with Gasteiger partial charge in [0, 0.05) is 5.69 Å². The van der Waals surface area contributed by atoms with Crippen LogP contribution in [-0.4, -0.2) is 11.1 Å². The second kappa shape index (κ2) is 6.85. The molecule has 0 aromatic heterocycles. The molecule has 0 fully saturated rings. The Balaban J connectivity index is 1.72. The summed E-state index contributed by atoms with van der Waals surface area (Å²) in [6.45, 7) is 0. The van der Waals surface area contributed by atoms with E-state index in [1.54, 1.807) is 0 Å². The highest BCUT2D eigenvalue weighted by Gasteiger charge is 2.25. The van der Waals surface area contributed by atoms with Crippen LogP contribution in [0.5, 0.6) is 11.5 Å². The maximum atomic E-state index is 11.1. The summed E-state index contributed by atoms with van der Waals surface area (Å²) in [6.07, 6.45) is 0.183. The van der Waals surface area contributed by atoms with E-state index in [9.17, 15) is 4.79 Å². The lowest BCUT2D eigenvalue weighted by atomic mass is 10.0. The Morgan fingerprint density at radius 3 is 2.04 bits per heavy atom. The zero-order valence-corrected chi connectivity index (χ0v) is 14.4. The molecule has 1 unspecified atom stereocenters. The first-order chi connectivity index (χ1) is 13.2. The van der Waals surface area contributed by atoms with Gasteiger partial charge in [0.15, 0.2) is 11.5 Å². The summed E-state index contributed by atoms with van der Waals surface area (Å²) in [4.78, 5) is 13.2. The number of para-hydroxylation sites is 4. The van der Waals surface area contributed by atoms with Crippen molar-refractivity contribution in [3.05, 3.63) is 78.4 Å². The Morgan fingerprint density at radius 1 is 0.963 bits per heavy atom. The van der Waals surface area contributed by atoms with Crippen molar-refractivity contribution in [1.82, 2.24) is 0 Å². The molecule has 0 aliphatic carbocycles. The largest absolute Gasteiger partial charge is 0.480 e. The van der Waals surface area contributed by atoms with E-state index in [4.69, 9.17) is 15.1 Å². The highest BCUT2D eigenvalue weighted by Crippen LogP contribution is 2.49. The first kappa shape index (κ1) is 16.7. The zero-order valence-electron chi connectivity index (χ0n) is 14.4. The number of anilines is 3. The number of ether oxygens (including phenoxy) is 1. The van der Waals surface area contributed by atoms with E-state index in [0.717, 1.165) is 34.1 Å². The first-order valence-corrected chi connectivity index (χ1v) is 8.55. The van der Waals surface area contributed by atoms with E-state index in [2.05, 4.69) is 4.90 Å². The van der Waals surface area contributed by atoms with E-state index in [1.165, 1.54) is 0 Å². The predicted octanol–water partition coefficient (Wildman–Crippen LogP) is 5.03. The van der Waals surface area contributed by atoms with Gasteiger partial charge in [-0.3, -0.25) is 4.79 Å². The van der Waals surface area contributed by atoms with E-state index in [0.29, 0.717) is 0 Å². The van der Waals surface area contributed by atoms with Crippen LogP contribution in [-0.2, 0) is 11.2 Å². The molecule has 0 saturated carbocycles. The number of carboxylic acids is 1. The summed E-state index contributed by atoms with van der Waals surface area (Å²) in [6, 6.07) is 25.1. The molecule has 0 radical (unpaired) electrons. The normalized spacial score (nSPS) is 12.9. The standard InChI is InChI=1S/C22H16N2O3/c23-14-16(22(25)26)13-15-9-11-17(12-10-15)24-18-5-1-3-7-20(18)27-21-8-4-2-6-19(21)24/h1-12,16H,13H2,(H,25,26). The summed E-state index contributed by atoms with van der Waals surface area (Å²) in [5.74, 6) is -0.593. The first-order valence-electron chi connectivity index (χ1n) is 8.55. The van der Waals surface area contributed by atoms with Gasteiger partial charge in [-0.25, -0.2) is 0 Å². The summed E-state index contributed by atoms with van der Waals surface area (Å²) >= 11 is 0. The topological polar surface area (TPSA) is 73.6 Å². The van der Waals surface area contributed by atoms with Crippen molar-refractivity contribution < 1.29 is 14.6 Å². The molecule has 1 heterocycles. The number of rotatable bonds is 4. The van der Waals surface area contributed by atoms with E-state index >= 15 is 0 Å². The van der Waals surface area contributed by atoms with Crippen molar-refractivity contribution in [2.45, 2.75) is 6.42 Å². The summed E-state index contributed by atoms with van der Waals surface area (Å²) in [7, 11) is 0. The molecule has 3 aromatic carbocycles. The lowest BCUT2D eigenvalue weighted by Gasteiger charge is -2.32. The third kappa shape index (κ3) is 3.09. The minimum Gasteiger partial charge on any atom is -0.480 e. The number of fused-ring (bicyclic) bond motifs is 2. The van der Waals surface area contributed by atoms with Crippen molar-refractivity contribution in [3.63, 3.8) is 0 Å². The second-order valence-corrected chi connectivity index (χ2v) is 6.26. The molecule has 4 rings (SSSR count). The van der Waals surface area contributed by atoms with Crippen molar-refractivity contribution in [2.24, 2.45) is 5.92 Å². The molecule has 1 aliphatic rings. The maximum Gasteiger partial charge on any atom is 0.321 e. The van der Waals surface area contributed by atoms with Gasteiger partial charge in [-0.05, 0) is 48.4 Å². The lowest BCUT2D eigenvalue weighted by molar-refractivity contribution is -0.139. The van der Waals surface area contributed by atoms with Crippen LogP contribution >= 0.6 is 0 Å². The van der Waals surface area contributed by atoms with Gasteiger partial charge in [0.1, 0.15) is 5.92 Å². The number of carbonyl (C=O) groups is 1. The van der Waals surface area contributed by atoms with Gasteiger partial charge in [-0.1, -0.05) is 36.4 Å². The number of hydrogen-bond acceptors (Lipinski definition) is 4. The third-order valence-corrected chi connectivity index (χ3v) is 4.52. The average molecular weight is 356 g/mol. The monoisotopic (exact) mass is 356 g/mol. The van der Waals surface area contributed by atoms with Crippen LogP contribution in [0.2, 0.25) is 0 Å². The molecule has 27 heavy (non-hydrogen) atoms. The lowest BCUT2D eigenvalue weighted by Crippen LogP contribution is -2.16. The van der Waals surface area contributed by atoms with Crippen LogP contribution in [0.3, 0.4) is 0 Å². The number of hydrogen-bond donors (Lipinski definition) is 1. The van der Waals surface area contributed by atoms with Crippen LogP contribution in [0.25, 0.3) is 0 Å². The van der Waals surface area contributed by atoms with Crippen molar-refractivity contribution in [3.8, 4) is 17.6 Å². The van der Waals surface area contributed by atoms with Gasteiger partial charge in [0.2, 0.25) is 0 Å². The Labute approximate surface area is 156 Å². The van der Waals surface area contributed by atoms with Crippen LogP contribution in [0.1, 0.15) is 5.56 Å². The number of benzene rings is 3. The van der Waals surface area contributed by atoms with Crippen LogP contribution < -0.4 is 9.64 Å². The predicted molar refractivity (Wildman–Crippen MR) is 102 cm³/mol. The zero-order chi connectivity index (χ0) is 18.8. The van der Waals surface area contributed by atoms with Crippen molar-refractivity contribution in [2.75, 3.05) is 4.90 Å². The molecule has 5 heteroatoms. The van der Waals surface area contributed by atoms with Crippen molar-refractivity contribution in [1.29, 1.82) is 5.26 Å². The van der Waals surface area contributed by atoms with Gasteiger partial charge >= 0.3 is 5.97 Å². The fourth-order valence-electron chi connectivity index (χ4n) is 3.19. The molecule has 0 bridgehead atoms. The smallest absolute Gasteiger partial charge is 0.321 e. The van der Waals surface area contributed by atoms with Crippen LogP contribution in [0, 0.1) is 17.2 Å². The molecule has 0 saturated heterocycles. The molecular weight excluding hydrogens is 340 g/mol. The summed E-state index contributed by atoms with van der Waals surface area (Å²) < 4.78 is 6.00. The van der Waals surface area contributed by atoms with Gasteiger partial charge in [-0.15, -0.1) is 0 Å². The molecule has 1 atom stereocenters. The minimum atomic E-state index is -1.10. The Bertz CT molecular complexity index is 992. The van der Waals surface area contributed by atoms with Crippen LogP contribution in [0.15, 0.2) is 72.8 Å². The van der Waals surface area contributed by atoms with Gasteiger partial charge in [-0.2, -0.15) is 5.26 Å². The minimum absolute atomic E-state index is 0.183. The van der Waals surface area contributed by atoms with Gasteiger partial charge < -0.3 is 14.7 Å². The van der Waals surface area contributed by atoms with Crippen molar-refractivity contribution >= 4 is 23.0 Å². The molecule has 1 aliphatic heterocycles. The van der Waals surface area contributed by atoms with E-state index in [1.807, 2.05) is 78.9 Å². The van der Waals surface area contributed by atoms with Crippen LogP contribution in [0.4, 0.5) is 17.1 Å². The molecule has 5 nitrogen and oxygen atoms in total. The quantitative estimate of drug-likeness (QED) is 0.555.